The minimum absolute atomic E-state index is 0.0447. The number of carbonyl (C=O) groups is 1. The second kappa shape index (κ2) is 6.01. The van der Waals surface area contributed by atoms with Crippen LogP contribution in [0.25, 0.3) is 0 Å². The third-order valence-corrected chi connectivity index (χ3v) is 3.77. The summed E-state index contributed by atoms with van der Waals surface area (Å²) in [6.45, 7) is 2.67. The highest BCUT2D eigenvalue weighted by Crippen LogP contribution is 2.24. The Morgan fingerprint density at radius 3 is 2.61 bits per heavy atom. The van der Waals surface area contributed by atoms with E-state index in [1.807, 2.05) is 24.3 Å². The predicted molar refractivity (Wildman–Crippen MR) is 71.5 cm³/mol. The molecule has 0 aliphatic heterocycles. The molecule has 3 heteroatoms. The van der Waals surface area contributed by atoms with Crippen LogP contribution in [0.2, 0.25) is 0 Å². The smallest absolute Gasteiger partial charge is 0.251 e. The van der Waals surface area contributed by atoms with Gasteiger partial charge in [-0.05, 0) is 37.0 Å². The molecule has 2 rings (SSSR count). The second-order valence-electron chi connectivity index (χ2n) is 5.02. The normalized spacial score (nSPS) is 23.0. The van der Waals surface area contributed by atoms with E-state index in [4.69, 9.17) is 0 Å². The molecular formula is C15H21NO2. The number of aliphatic hydroxyl groups excluding tert-OH is 1. The zero-order valence-corrected chi connectivity index (χ0v) is 10.9. The number of benzene rings is 1. The minimum Gasteiger partial charge on any atom is -0.393 e. The lowest BCUT2D eigenvalue weighted by molar-refractivity contribution is 0.0917. The number of amides is 1. The van der Waals surface area contributed by atoms with Crippen molar-refractivity contribution < 1.29 is 9.90 Å². The topological polar surface area (TPSA) is 49.3 Å². The Hall–Kier alpha value is -1.35. The van der Waals surface area contributed by atoms with E-state index in [9.17, 15) is 9.90 Å². The standard InChI is InChI=1S/C15H21NO2/c1-2-11-6-8-12(9-7-11)15(18)16-10-13-4-3-5-14(13)17/h6-9,13-14,17H,2-5,10H2,1H3,(H,16,18). The summed E-state index contributed by atoms with van der Waals surface area (Å²) in [5.74, 6) is 0.181. The molecule has 2 N–H and O–H groups in total. The Labute approximate surface area is 108 Å². The molecule has 0 bridgehead atoms. The summed E-state index contributed by atoms with van der Waals surface area (Å²) in [4.78, 5) is 11.9. The average Bonchev–Trinajstić information content (AvgIpc) is 2.81. The van der Waals surface area contributed by atoms with Gasteiger partial charge in [0.15, 0.2) is 0 Å². The molecule has 2 unspecified atom stereocenters. The molecule has 1 saturated carbocycles. The Balaban J connectivity index is 1.87. The summed E-state index contributed by atoms with van der Waals surface area (Å²) in [6.07, 6.45) is 3.68. The van der Waals surface area contributed by atoms with Crippen molar-refractivity contribution >= 4 is 5.91 Å². The first-order valence-corrected chi connectivity index (χ1v) is 6.76. The molecule has 1 aromatic rings. The van der Waals surface area contributed by atoms with E-state index in [2.05, 4.69) is 12.2 Å². The Kier molecular flexibility index (Phi) is 4.37. The summed E-state index contributed by atoms with van der Waals surface area (Å²) < 4.78 is 0. The Morgan fingerprint density at radius 2 is 2.06 bits per heavy atom. The van der Waals surface area contributed by atoms with Crippen LogP contribution in [-0.2, 0) is 6.42 Å². The molecule has 98 valence electrons. The number of hydrogen-bond acceptors (Lipinski definition) is 2. The van der Waals surface area contributed by atoms with Gasteiger partial charge in [0.05, 0.1) is 6.10 Å². The third kappa shape index (κ3) is 3.10. The fraction of sp³-hybridized carbons (Fsp3) is 0.533. The van der Waals surface area contributed by atoms with Gasteiger partial charge in [0, 0.05) is 18.0 Å². The summed E-state index contributed by atoms with van der Waals surface area (Å²) >= 11 is 0. The van der Waals surface area contributed by atoms with Crippen LogP contribution in [0.4, 0.5) is 0 Å². The summed E-state index contributed by atoms with van der Waals surface area (Å²) in [7, 11) is 0. The van der Waals surface area contributed by atoms with Crippen LogP contribution in [0.1, 0.15) is 42.1 Å². The second-order valence-corrected chi connectivity index (χ2v) is 5.02. The monoisotopic (exact) mass is 247 g/mol. The lowest BCUT2D eigenvalue weighted by Gasteiger charge is -2.15. The van der Waals surface area contributed by atoms with Crippen molar-refractivity contribution in [2.75, 3.05) is 6.54 Å². The average molecular weight is 247 g/mol. The number of rotatable bonds is 4. The van der Waals surface area contributed by atoms with E-state index in [0.29, 0.717) is 12.1 Å². The molecule has 0 saturated heterocycles. The highest BCUT2D eigenvalue weighted by Gasteiger charge is 2.25. The number of aryl methyl sites for hydroxylation is 1. The van der Waals surface area contributed by atoms with E-state index in [1.165, 1.54) is 5.56 Å². The quantitative estimate of drug-likeness (QED) is 0.856. The van der Waals surface area contributed by atoms with Gasteiger partial charge in [0.2, 0.25) is 0 Å². The molecule has 1 aromatic carbocycles. The molecule has 0 radical (unpaired) electrons. The SMILES string of the molecule is CCc1ccc(C(=O)NCC2CCCC2O)cc1. The van der Waals surface area contributed by atoms with Crippen LogP contribution >= 0.6 is 0 Å². The zero-order valence-electron chi connectivity index (χ0n) is 10.9. The van der Waals surface area contributed by atoms with Gasteiger partial charge in [-0.25, -0.2) is 0 Å². The molecule has 0 heterocycles. The molecule has 0 aromatic heterocycles. The Morgan fingerprint density at radius 1 is 1.33 bits per heavy atom. The molecular weight excluding hydrogens is 226 g/mol. The van der Waals surface area contributed by atoms with E-state index < -0.39 is 0 Å². The maximum Gasteiger partial charge on any atom is 0.251 e. The van der Waals surface area contributed by atoms with Crippen LogP contribution in [-0.4, -0.2) is 23.7 Å². The lowest BCUT2D eigenvalue weighted by atomic mass is 10.1. The lowest BCUT2D eigenvalue weighted by Crippen LogP contribution is -2.32. The van der Waals surface area contributed by atoms with Crippen molar-refractivity contribution in [1.29, 1.82) is 0 Å². The Bertz CT molecular complexity index is 399. The van der Waals surface area contributed by atoms with E-state index in [-0.39, 0.29) is 17.9 Å². The fourth-order valence-electron chi connectivity index (χ4n) is 2.47. The van der Waals surface area contributed by atoms with Crippen molar-refractivity contribution in [3.63, 3.8) is 0 Å². The molecule has 0 spiro atoms. The van der Waals surface area contributed by atoms with Crippen LogP contribution in [0.3, 0.4) is 0 Å². The molecule has 1 amide bonds. The summed E-state index contributed by atoms with van der Waals surface area (Å²) in [5.41, 5.74) is 1.93. The molecule has 18 heavy (non-hydrogen) atoms. The van der Waals surface area contributed by atoms with Crippen LogP contribution < -0.4 is 5.32 Å². The van der Waals surface area contributed by atoms with E-state index >= 15 is 0 Å². The van der Waals surface area contributed by atoms with Gasteiger partial charge in [-0.1, -0.05) is 25.5 Å². The van der Waals surface area contributed by atoms with Gasteiger partial charge in [0.1, 0.15) is 0 Å². The number of hydrogen-bond donors (Lipinski definition) is 2. The van der Waals surface area contributed by atoms with Crippen molar-refractivity contribution in [3.05, 3.63) is 35.4 Å². The third-order valence-electron chi connectivity index (χ3n) is 3.77. The zero-order chi connectivity index (χ0) is 13.0. The van der Waals surface area contributed by atoms with Crippen LogP contribution in [0.15, 0.2) is 24.3 Å². The summed E-state index contributed by atoms with van der Waals surface area (Å²) in [5, 5.41) is 12.6. The highest BCUT2D eigenvalue weighted by molar-refractivity contribution is 5.94. The molecule has 1 fully saturated rings. The fourth-order valence-corrected chi connectivity index (χ4v) is 2.47. The molecule has 2 atom stereocenters. The molecule has 1 aliphatic carbocycles. The number of carbonyl (C=O) groups excluding carboxylic acids is 1. The van der Waals surface area contributed by atoms with Crippen LogP contribution in [0.5, 0.6) is 0 Å². The van der Waals surface area contributed by atoms with E-state index in [0.717, 1.165) is 25.7 Å². The minimum atomic E-state index is -0.243. The molecule has 1 aliphatic rings. The largest absolute Gasteiger partial charge is 0.393 e. The summed E-state index contributed by atoms with van der Waals surface area (Å²) in [6, 6.07) is 7.69. The van der Waals surface area contributed by atoms with Crippen molar-refractivity contribution in [2.45, 2.75) is 38.7 Å². The van der Waals surface area contributed by atoms with Gasteiger partial charge in [-0.15, -0.1) is 0 Å². The predicted octanol–water partition coefficient (Wildman–Crippen LogP) is 2.14. The van der Waals surface area contributed by atoms with Gasteiger partial charge in [-0.2, -0.15) is 0 Å². The number of aliphatic hydroxyl groups is 1. The highest BCUT2D eigenvalue weighted by atomic mass is 16.3. The first-order valence-electron chi connectivity index (χ1n) is 6.76. The van der Waals surface area contributed by atoms with Gasteiger partial charge < -0.3 is 10.4 Å². The van der Waals surface area contributed by atoms with Crippen molar-refractivity contribution in [2.24, 2.45) is 5.92 Å². The molecule has 3 nitrogen and oxygen atoms in total. The first-order chi connectivity index (χ1) is 8.70. The van der Waals surface area contributed by atoms with Gasteiger partial charge in [-0.3, -0.25) is 4.79 Å². The van der Waals surface area contributed by atoms with E-state index in [1.54, 1.807) is 0 Å². The van der Waals surface area contributed by atoms with Gasteiger partial charge >= 0.3 is 0 Å². The van der Waals surface area contributed by atoms with Crippen molar-refractivity contribution in [3.8, 4) is 0 Å². The van der Waals surface area contributed by atoms with Gasteiger partial charge in [0.25, 0.3) is 5.91 Å². The maximum atomic E-state index is 11.9. The number of nitrogens with one attached hydrogen (secondary N) is 1. The van der Waals surface area contributed by atoms with Crippen molar-refractivity contribution in [1.82, 2.24) is 5.32 Å². The maximum absolute atomic E-state index is 11.9. The first kappa shape index (κ1) is 13.1. The van der Waals surface area contributed by atoms with Crippen LogP contribution in [0, 0.1) is 5.92 Å².